The summed E-state index contributed by atoms with van der Waals surface area (Å²) in [7, 11) is 0. The second-order valence-corrected chi connectivity index (χ2v) is 10.7. The number of piperazine rings is 1. The van der Waals surface area contributed by atoms with E-state index in [4.69, 9.17) is 16.3 Å². The van der Waals surface area contributed by atoms with Crippen LogP contribution in [0.2, 0.25) is 5.02 Å². The summed E-state index contributed by atoms with van der Waals surface area (Å²) >= 11 is 5.87. The maximum absolute atomic E-state index is 15.3. The number of fused-ring (bicyclic) bond motifs is 4. The third kappa shape index (κ3) is 5.45. The van der Waals surface area contributed by atoms with Gasteiger partial charge in [-0.1, -0.05) is 11.6 Å². The fourth-order valence-electron chi connectivity index (χ4n) is 4.82. The number of benzene rings is 1. The molecule has 2 aromatic heterocycles. The van der Waals surface area contributed by atoms with Gasteiger partial charge in [-0.2, -0.15) is 8.78 Å². The summed E-state index contributed by atoms with van der Waals surface area (Å²) in [6, 6.07) is 3.08. The number of anilines is 3. The van der Waals surface area contributed by atoms with E-state index in [1.165, 1.54) is 6.07 Å². The first-order chi connectivity index (χ1) is 18.4. The molecule has 6 rings (SSSR count). The van der Waals surface area contributed by atoms with E-state index in [0.717, 1.165) is 31.3 Å². The van der Waals surface area contributed by atoms with Gasteiger partial charge in [-0.3, -0.25) is 0 Å². The zero-order chi connectivity index (χ0) is 28.1. The molecule has 5 heterocycles. The molecule has 3 saturated heterocycles. The lowest BCUT2D eigenvalue weighted by molar-refractivity contribution is -0.0499. The number of nitrogens with one attached hydrogen (secondary N) is 1. The molecular formula is C25H25ClF4N6O3. The molecule has 1 N–H and O–H groups in total. The average molecular weight is 569 g/mol. The van der Waals surface area contributed by atoms with Crippen LogP contribution < -0.4 is 15.0 Å². The molecule has 2 atom stereocenters. The fourth-order valence-corrected chi connectivity index (χ4v) is 5.03. The van der Waals surface area contributed by atoms with Gasteiger partial charge in [0.2, 0.25) is 0 Å². The maximum atomic E-state index is 15.3. The molecule has 0 aliphatic carbocycles. The quantitative estimate of drug-likeness (QED) is 0.381. The van der Waals surface area contributed by atoms with E-state index in [-0.39, 0.29) is 40.4 Å². The number of amides is 1. The van der Waals surface area contributed by atoms with Crippen molar-refractivity contribution in [3.05, 3.63) is 41.2 Å². The number of alkyl halides is 2. The first kappa shape index (κ1) is 27.0. The lowest BCUT2D eigenvalue weighted by Gasteiger charge is -2.51. The highest BCUT2D eigenvalue weighted by molar-refractivity contribution is 6.32. The summed E-state index contributed by atoms with van der Waals surface area (Å²) in [4.78, 5) is 28.9. The minimum absolute atomic E-state index is 0.0521. The number of ether oxygens (including phenoxy) is 2. The number of nitrogens with zero attached hydrogens (tertiary/aromatic N) is 5. The Labute approximate surface area is 226 Å². The standard InChI is InChI=1S/C25H25ClF4N6O3/c1-25(2,3)39-24(37)36-10-12-4-5-13(36)9-35(12)22-14(27)8-16-20(34-22)21(32-11-31-16)33-15-6-7-17(38-23(29)30)18(26)19(15)28/h6-8,11-13,23H,4-5,9-10H2,1-3H3,(H,31,32,33)/t12?,13-/m1/s1. The van der Waals surface area contributed by atoms with Gasteiger partial charge < -0.3 is 24.6 Å². The number of piperidine rings is 2. The molecule has 0 radical (unpaired) electrons. The first-order valence-corrected chi connectivity index (χ1v) is 12.6. The van der Waals surface area contributed by atoms with E-state index in [0.29, 0.717) is 13.1 Å². The van der Waals surface area contributed by atoms with Crippen LogP contribution in [0.5, 0.6) is 5.75 Å². The number of halogens is 5. The number of hydrogen-bond donors (Lipinski definition) is 1. The molecule has 1 unspecified atom stereocenters. The highest BCUT2D eigenvalue weighted by Gasteiger charge is 2.43. The third-order valence-electron chi connectivity index (χ3n) is 6.49. The van der Waals surface area contributed by atoms with Gasteiger partial charge in [0.05, 0.1) is 17.2 Å². The van der Waals surface area contributed by atoms with E-state index >= 15 is 4.39 Å². The monoisotopic (exact) mass is 568 g/mol. The van der Waals surface area contributed by atoms with Crippen molar-refractivity contribution in [3.8, 4) is 5.75 Å². The first-order valence-electron chi connectivity index (χ1n) is 12.2. The van der Waals surface area contributed by atoms with Gasteiger partial charge in [0, 0.05) is 25.2 Å². The molecule has 1 amide bonds. The van der Waals surface area contributed by atoms with Crippen LogP contribution in [0.25, 0.3) is 11.0 Å². The van der Waals surface area contributed by atoms with Gasteiger partial charge in [0.1, 0.15) is 28.2 Å². The zero-order valence-corrected chi connectivity index (χ0v) is 22.0. The summed E-state index contributed by atoms with van der Waals surface area (Å²) in [5.41, 5.74) is -0.499. The molecule has 2 bridgehead atoms. The summed E-state index contributed by atoms with van der Waals surface area (Å²) in [5.74, 6) is -2.06. The molecular weight excluding hydrogens is 544 g/mol. The number of hydrogen-bond acceptors (Lipinski definition) is 8. The van der Waals surface area contributed by atoms with Crippen molar-refractivity contribution in [3.63, 3.8) is 0 Å². The van der Waals surface area contributed by atoms with Crippen LogP contribution in [0, 0.1) is 11.6 Å². The third-order valence-corrected chi connectivity index (χ3v) is 6.84. The van der Waals surface area contributed by atoms with Crippen molar-refractivity contribution in [1.82, 2.24) is 19.9 Å². The van der Waals surface area contributed by atoms with Gasteiger partial charge in [-0.15, -0.1) is 0 Å². The predicted molar refractivity (Wildman–Crippen MR) is 136 cm³/mol. The summed E-state index contributed by atoms with van der Waals surface area (Å²) in [6.45, 7) is 2.93. The maximum Gasteiger partial charge on any atom is 0.410 e. The molecule has 3 aliphatic rings. The van der Waals surface area contributed by atoms with Crippen molar-refractivity contribution in [2.24, 2.45) is 0 Å². The molecule has 3 aliphatic heterocycles. The van der Waals surface area contributed by atoms with Gasteiger partial charge in [0.15, 0.2) is 23.3 Å². The number of aromatic nitrogens is 3. The molecule has 1 aromatic carbocycles. The van der Waals surface area contributed by atoms with Crippen molar-refractivity contribution < 1.29 is 31.8 Å². The lowest BCUT2D eigenvalue weighted by atomic mass is 9.91. The van der Waals surface area contributed by atoms with E-state index in [9.17, 15) is 18.0 Å². The van der Waals surface area contributed by atoms with E-state index in [1.54, 1.807) is 25.7 Å². The molecule has 208 valence electrons. The van der Waals surface area contributed by atoms with Gasteiger partial charge in [0.25, 0.3) is 0 Å². The van der Waals surface area contributed by atoms with Gasteiger partial charge in [-0.25, -0.2) is 28.5 Å². The fraction of sp³-hybridized carbons (Fsp3) is 0.440. The second-order valence-electron chi connectivity index (χ2n) is 10.3. The highest BCUT2D eigenvalue weighted by atomic mass is 35.5. The molecule has 0 saturated carbocycles. The topological polar surface area (TPSA) is 92.7 Å². The summed E-state index contributed by atoms with van der Waals surface area (Å²) < 4.78 is 65.0. The Bertz CT molecular complexity index is 1420. The van der Waals surface area contributed by atoms with Crippen LogP contribution in [0.1, 0.15) is 33.6 Å². The zero-order valence-electron chi connectivity index (χ0n) is 21.2. The Morgan fingerprint density at radius 1 is 1.15 bits per heavy atom. The van der Waals surface area contributed by atoms with Crippen molar-refractivity contribution >= 4 is 46.1 Å². The predicted octanol–water partition coefficient (Wildman–Crippen LogP) is 5.89. The number of carbonyl (C=O) groups is 1. The number of pyridine rings is 1. The SMILES string of the molecule is CC(C)(C)OC(=O)N1CC2CC[C@@H]1CN2c1nc2c(Nc3ccc(OC(F)F)c(Cl)c3F)ncnc2cc1F. The van der Waals surface area contributed by atoms with Crippen molar-refractivity contribution in [2.75, 3.05) is 23.3 Å². The van der Waals surface area contributed by atoms with E-state index in [2.05, 4.69) is 25.0 Å². The summed E-state index contributed by atoms with van der Waals surface area (Å²) in [5, 5.41) is 2.10. The Morgan fingerprint density at radius 2 is 1.90 bits per heavy atom. The normalized spacial score (nSPS) is 19.1. The highest BCUT2D eigenvalue weighted by Crippen LogP contribution is 2.37. The van der Waals surface area contributed by atoms with Crippen LogP contribution >= 0.6 is 11.6 Å². The molecule has 14 heteroatoms. The minimum atomic E-state index is -3.18. The lowest BCUT2D eigenvalue weighted by Crippen LogP contribution is -2.64. The second kappa shape index (κ2) is 10.2. The summed E-state index contributed by atoms with van der Waals surface area (Å²) in [6.07, 6.45) is 2.22. The Hall–Kier alpha value is -3.61. The van der Waals surface area contributed by atoms with Crippen LogP contribution in [-0.2, 0) is 4.74 Å². The van der Waals surface area contributed by atoms with Crippen LogP contribution in [0.15, 0.2) is 24.5 Å². The Balaban J connectivity index is 1.44. The van der Waals surface area contributed by atoms with Crippen molar-refractivity contribution in [1.29, 1.82) is 0 Å². The smallest absolute Gasteiger partial charge is 0.410 e. The molecule has 9 nitrogen and oxygen atoms in total. The van der Waals surface area contributed by atoms with E-state index in [1.807, 2.05) is 4.90 Å². The van der Waals surface area contributed by atoms with Crippen molar-refractivity contribution in [2.45, 2.75) is 57.9 Å². The molecule has 0 spiro atoms. The number of carbonyl (C=O) groups excluding carboxylic acids is 1. The van der Waals surface area contributed by atoms with Crippen LogP contribution in [-0.4, -0.2) is 63.3 Å². The Kier molecular flexibility index (Phi) is 7.04. The molecule has 39 heavy (non-hydrogen) atoms. The van der Waals surface area contributed by atoms with Crippen LogP contribution in [0.4, 0.5) is 39.7 Å². The van der Waals surface area contributed by atoms with E-state index < -0.39 is 40.7 Å². The number of rotatable bonds is 5. The average Bonchev–Trinajstić information content (AvgIpc) is 2.87. The minimum Gasteiger partial charge on any atom is -0.444 e. The van der Waals surface area contributed by atoms with Gasteiger partial charge >= 0.3 is 12.7 Å². The van der Waals surface area contributed by atoms with Gasteiger partial charge in [-0.05, 0) is 45.7 Å². The largest absolute Gasteiger partial charge is 0.444 e. The molecule has 3 aromatic rings. The molecule has 3 fully saturated rings. The Morgan fingerprint density at radius 3 is 2.56 bits per heavy atom. The van der Waals surface area contributed by atoms with Crippen LogP contribution in [0.3, 0.4) is 0 Å².